The van der Waals surface area contributed by atoms with Crippen molar-refractivity contribution >= 4 is 23.0 Å². The predicted octanol–water partition coefficient (Wildman–Crippen LogP) is 4.52. The van der Waals surface area contributed by atoms with Gasteiger partial charge in [-0.25, -0.2) is 0 Å². The van der Waals surface area contributed by atoms with Crippen molar-refractivity contribution in [2.45, 2.75) is 25.8 Å². The maximum absolute atomic E-state index is 5.43. The normalized spacial score (nSPS) is 11.5. The molecule has 0 aliphatic heterocycles. The van der Waals surface area contributed by atoms with Crippen molar-refractivity contribution in [3.8, 4) is 5.75 Å². The van der Waals surface area contributed by atoms with Crippen LogP contribution in [0.2, 0.25) is 0 Å². The molecule has 0 saturated carbocycles. The number of benzene rings is 2. The first-order chi connectivity index (χ1) is 10.7. The third-order valence-corrected chi connectivity index (χ3v) is 3.65. The van der Waals surface area contributed by atoms with Gasteiger partial charge in [0.1, 0.15) is 5.75 Å². The Labute approximate surface area is 137 Å². The van der Waals surface area contributed by atoms with Gasteiger partial charge in [0.2, 0.25) is 0 Å². The SMILES string of the molecule is CCC[C@@H](NC(=S)Nc1ccc(OC)cc1)c1ccccc1. The second-order valence-corrected chi connectivity index (χ2v) is 5.49. The minimum atomic E-state index is 0.226. The van der Waals surface area contributed by atoms with Crippen LogP contribution in [0.15, 0.2) is 54.6 Å². The number of nitrogens with one attached hydrogen (secondary N) is 2. The fourth-order valence-corrected chi connectivity index (χ4v) is 2.56. The van der Waals surface area contributed by atoms with E-state index in [0.717, 1.165) is 24.3 Å². The number of anilines is 1. The first-order valence-corrected chi connectivity index (χ1v) is 7.90. The zero-order chi connectivity index (χ0) is 15.8. The van der Waals surface area contributed by atoms with Gasteiger partial charge in [-0.2, -0.15) is 0 Å². The summed E-state index contributed by atoms with van der Waals surface area (Å²) < 4.78 is 5.15. The van der Waals surface area contributed by atoms with Crippen molar-refractivity contribution < 1.29 is 4.74 Å². The zero-order valence-electron chi connectivity index (χ0n) is 13.0. The van der Waals surface area contributed by atoms with E-state index in [1.165, 1.54) is 5.56 Å². The highest BCUT2D eigenvalue weighted by Gasteiger charge is 2.11. The molecule has 0 amide bonds. The molecule has 0 fully saturated rings. The molecule has 2 rings (SSSR count). The lowest BCUT2D eigenvalue weighted by Gasteiger charge is -2.21. The van der Waals surface area contributed by atoms with Crippen LogP contribution in [-0.2, 0) is 0 Å². The van der Waals surface area contributed by atoms with E-state index in [0.29, 0.717) is 5.11 Å². The Morgan fingerprint density at radius 3 is 2.36 bits per heavy atom. The van der Waals surface area contributed by atoms with E-state index >= 15 is 0 Å². The van der Waals surface area contributed by atoms with Crippen LogP contribution >= 0.6 is 12.2 Å². The van der Waals surface area contributed by atoms with Crippen LogP contribution in [0, 0.1) is 0 Å². The molecule has 0 bridgehead atoms. The maximum atomic E-state index is 5.43. The summed E-state index contributed by atoms with van der Waals surface area (Å²) in [6.07, 6.45) is 2.13. The summed E-state index contributed by atoms with van der Waals surface area (Å²) in [6.45, 7) is 2.18. The van der Waals surface area contributed by atoms with Crippen LogP contribution in [0.1, 0.15) is 31.4 Å². The van der Waals surface area contributed by atoms with Crippen molar-refractivity contribution in [1.29, 1.82) is 0 Å². The molecule has 0 spiro atoms. The summed E-state index contributed by atoms with van der Waals surface area (Å²) in [4.78, 5) is 0. The van der Waals surface area contributed by atoms with Crippen molar-refractivity contribution in [2.75, 3.05) is 12.4 Å². The molecule has 0 heterocycles. The van der Waals surface area contributed by atoms with E-state index in [1.54, 1.807) is 7.11 Å². The average molecular weight is 314 g/mol. The standard InChI is InChI=1S/C18H22N2OS/c1-3-7-17(14-8-5-4-6-9-14)20-18(22)19-15-10-12-16(21-2)13-11-15/h4-6,8-13,17H,3,7H2,1-2H3,(H2,19,20,22)/t17-/m1/s1. The van der Waals surface area contributed by atoms with Crippen molar-refractivity contribution in [1.82, 2.24) is 5.32 Å². The predicted molar refractivity (Wildman–Crippen MR) is 96.4 cm³/mol. The highest BCUT2D eigenvalue weighted by Crippen LogP contribution is 2.19. The first kappa shape index (κ1) is 16.3. The van der Waals surface area contributed by atoms with Gasteiger partial charge in [0.25, 0.3) is 0 Å². The molecular formula is C18H22N2OS. The van der Waals surface area contributed by atoms with E-state index in [4.69, 9.17) is 17.0 Å². The van der Waals surface area contributed by atoms with Crippen LogP contribution in [0.3, 0.4) is 0 Å². The van der Waals surface area contributed by atoms with E-state index in [9.17, 15) is 0 Å². The molecule has 0 saturated heterocycles. The summed E-state index contributed by atoms with van der Waals surface area (Å²) in [6, 6.07) is 18.3. The third-order valence-electron chi connectivity index (χ3n) is 3.43. The van der Waals surface area contributed by atoms with Crippen LogP contribution in [0.25, 0.3) is 0 Å². The molecule has 0 aliphatic rings. The lowest BCUT2D eigenvalue weighted by molar-refractivity contribution is 0.415. The summed E-state index contributed by atoms with van der Waals surface area (Å²) >= 11 is 5.43. The van der Waals surface area contributed by atoms with Crippen molar-refractivity contribution in [3.63, 3.8) is 0 Å². The Morgan fingerprint density at radius 1 is 1.09 bits per heavy atom. The number of methoxy groups -OCH3 is 1. The molecular weight excluding hydrogens is 292 g/mol. The highest BCUT2D eigenvalue weighted by molar-refractivity contribution is 7.80. The van der Waals surface area contributed by atoms with Gasteiger partial charge in [0, 0.05) is 5.69 Å². The second kappa shape index (κ2) is 8.39. The molecule has 3 nitrogen and oxygen atoms in total. The molecule has 22 heavy (non-hydrogen) atoms. The molecule has 2 N–H and O–H groups in total. The van der Waals surface area contributed by atoms with Gasteiger partial charge in [0.15, 0.2) is 5.11 Å². The van der Waals surface area contributed by atoms with E-state index in [1.807, 2.05) is 30.3 Å². The topological polar surface area (TPSA) is 33.3 Å². The van der Waals surface area contributed by atoms with Gasteiger partial charge < -0.3 is 15.4 Å². The number of hydrogen-bond donors (Lipinski definition) is 2. The average Bonchev–Trinajstić information content (AvgIpc) is 2.56. The molecule has 0 aromatic heterocycles. The molecule has 2 aromatic carbocycles. The Morgan fingerprint density at radius 2 is 1.77 bits per heavy atom. The number of ether oxygens (including phenoxy) is 1. The lowest BCUT2D eigenvalue weighted by Crippen LogP contribution is -2.32. The number of hydrogen-bond acceptors (Lipinski definition) is 2. The summed E-state index contributed by atoms with van der Waals surface area (Å²) in [5.74, 6) is 0.831. The van der Waals surface area contributed by atoms with Crippen LogP contribution in [-0.4, -0.2) is 12.2 Å². The minimum absolute atomic E-state index is 0.226. The smallest absolute Gasteiger partial charge is 0.171 e. The monoisotopic (exact) mass is 314 g/mol. The lowest BCUT2D eigenvalue weighted by atomic mass is 10.0. The van der Waals surface area contributed by atoms with Crippen LogP contribution in [0.5, 0.6) is 5.75 Å². The van der Waals surface area contributed by atoms with Gasteiger partial charge in [-0.3, -0.25) is 0 Å². The van der Waals surface area contributed by atoms with Crippen molar-refractivity contribution in [3.05, 3.63) is 60.2 Å². The first-order valence-electron chi connectivity index (χ1n) is 7.49. The number of thiocarbonyl (C=S) groups is 1. The van der Waals surface area contributed by atoms with Gasteiger partial charge in [-0.05, 0) is 48.5 Å². The van der Waals surface area contributed by atoms with Crippen molar-refractivity contribution in [2.24, 2.45) is 0 Å². The van der Waals surface area contributed by atoms with E-state index in [2.05, 4.69) is 41.8 Å². The third kappa shape index (κ3) is 4.74. The van der Waals surface area contributed by atoms with Gasteiger partial charge in [-0.1, -0.05) is 43.7 Å². The second-order valence-electron chi connectivity index (χ2n) is 5.08. The molecule has 116 valence electrons. The zero-order valence-corrected chi connectivity index (χ0v) is 13.8. The Balaban J connectivity index is 1.98. The molecule has 0 radical (unpaired) electrons. The summed E-state index contributed by atoms with van der Waals surface area (Å²) in [7, 11) is 1.66. The quantitative estimate of drug-likeness (QED) is 0.768. The highest BCUT2D eigenvalue weighted by atomic mass is 32.1. The number of rotatable bonds is 6. The largest absolute Gasteiger partial charge is 0.497 e. The fourth-order valence-electron chi connectivity index (χ4n) is 2.30. The molecule has 4 heteroatoms. The van der Waals surface area contributed by atoms with E-state index < -0.39 is 0 Å². The molecule has 0 unspecified atom stereocenters. The van der Waals surface area contributed by atoms with E-state index in [-0.39, 0.29) is 6.04 Å². The summed E-state index contributed by atoms with van der Waals surface area (Å²) in [5.41, 5.74) is 2.20. The molecule has 2 aromatic rings. The summed E-state index contributed by atoms with van der Waals surface area (Å²) in [5, 5.41) is 7.25. The minimum Gasteiger partial charge on any atom is -0.497 e. The van der Waals surface area contributed by atoms with Gasteiger partial charge in [0.05, 0.1) is 13.2 Å². The Kier molecular flexibility index (Phi) is 6.22. The molecule has 0 aliphatic carbocycles. The Bertz CT molecular complexity index is 584. The fraction of sp³-hybridized carbons (Fsp3) is 0.278. The maximum Gasteiger partial charge on any atom is 0.171 e. The van der Waals surface area contributed by atoms with Crippen LogP contribution < -0.4 is 15.4 Å². The molecule has 1 atom stereocenters. The van der Waals surface area contributed by atoms with Gasteiger partial charge in [-0.15, -0.1) is 0 Å². The van der Waals surface area contributed by atoms with Crippen LogP contribution in [0.4, 0.5) is 5.69 Å². The Hall–Kier alpha value is -2.07. The van der Waals surface area contributed by atoms with Gasteiger partial charge >= 0.3 is 0 Å².